The smallest absolute Gasteiger partial charge is 0.311 e. The number of hydrogen-bond acceptors (Lipinski definition) is 3. The van der Waals surface area contributed by atoms with Gasteiger partial charge in [0.05, 0.1) is 18.1 Å². The Balaban J connectivity index is 2.06. The standard InChI is InChI=1S/C15H18FNO4/c1-21-10-4-5-11(12(16)8-10)13(18)17-9-15(14(19)20)6-2-3-7-15/h4-5,8H,2-3,6-7,9H2,1H3,(H,17,18)(H,19,20). The van der Waals surface area contributed by atoms with Crippen molar-refractivity contribution in [2.24, 2.45) is 5.41 Å². The van der Waals surface area contributed by atoms with E-state index in [1.165, 1.54) is 19.2 Å². The molecule has 0 bridgehead atoms. The Morgan fingerprint density at radius 1 is 1.38 bits per heavy atom. The van der Waals surface area contributed by atoms with Gasteiger partial charge in [0.1, 0.15) is 11.6 Å². The number of carboxylic acid groups (broad SMARTS) is 1. The van der Waals surface area contributed by atoms with Gasteiger partial charge in [-0.25, -0.2) is 4.39 Å². The lowest BCUT2D eigenvalue weighted by atomic mass is 9.86. The van der Waals surface area contributed by atoms with E-state index in [4.69, 9.17) is 4.74 Å². The first-order chi connectivity index (χ1) is 9.98. The lowest BCUT2D eigenvalue weighted by Crippen LogP contribution is -2.41. The number of carbonyl (C=O) groups is 2. The maximum Gasteiger partial charge on any atom is 0.311 e. The van der Waals surface area contributed by atoms with Crippen LogP contribution in [-0.2, 0) is 4.79 Å². The zero-order valence-corrected chi connectivity index (χ0v) is 11.8. The van der Waals surface area contributed by atoms with Crippen LogP contribution < -0.4 is 10.1 Å². The lowest BCUT2D eigenvalue weighted by molar-refractivity contribution is -0.148. The monoisotopic (exact) mass is 295 g/mol. The van der Waals surface area contributed by atoms with Crippen molar-refractivity contribution in [3.05, 3.63) is 29.6 Å². The normalized spacial score (nSPS) is 16.5. The van der Waals surface area contributed by atoms with Crippen molar-refractivity contribution in [1.82, 2.24) is 5.32 Å². The van der Waals surface area contributed by atoms with Crippen molar-refractivity contribution in [2.75, 3.05) is 13.7 Å². The molecule has 21 heavy (non-hydrogen) atoms. The fraction of sp³-hybridized carbons (Fsp3) is 0.467. The quantitative estimate of drug-likeness (QED) is 0.873. The van der Waals surface area contributed by atoms with Gasteiger partial charge in [-0.2, -0.15) is 0 Å². The zero-order chi connectivity index (χ0) is 15.5. The molecule has 2 rings (SSSR count). The average molecular weight is 295 g/mol. The van der Waals surface area contributed by atoms with Crippen LogP contribution in [0.3, 0.4) is 0 Å². The molecule has 0 saturated heterocycles. The molecule has 0 radical (unpaired) electrons. The van der Waals surface area contributed by atoms with Crippen molar-refractivity contribution in [2.45, 2.75) is 25.7 Å². The fourth-order valence-corrected chi connectivity index (χ4v) is 2.67. The molecule has 2 N–H and O–H groups in total. The van der Waals surface area contributed by atoms with Crippen LogP contribution in [0.25, 0.3) is 0 Å². The molecule has 1 aliphatic rings. The molecule has 1 amide bonds. The molecule has 6 heteroatoms. The summed E-state index contributed by atoms with van der Waals surface area (Å²) in [7, 11) is 1.41. The fourth-order valence-electron chi connectivity index (χ4n) is 2.67. The minimum atomic E-state index is -0.918. The van der Waals surface area contributed by atoms with E-state index in [1.54, 1.807) is 0 Å². The Hall–Kier alpha value is -2.11. The molecule has 1 aromatic rings. The summed E-state index contributed by atoms with van der Waals surface area (Å²) < 4.78 is 18.7. The number of amides is 1. The number of carboxylic acids is 1. The third kappa shape index (κ3) is 3.15. The highest BCUT2D eigenvalue weighted by atomic mass is 19.1. The highest BCUT2D eigenvalue weighted by molar-refractivity contribution is 5.95. The van der Waals surface area contributed by atoms with Crippen LogP contribution in [0.4, 0.5) is 4.39 Å². The van der Waals surface area contributed by atoms with E-state index < -0.39 is 23.1 Å². The van der Waals surface area contributed by atoms with Crippen LogP contribution in [0.5, 0.6) is 5.75 Å². The maximum atomic E-state index is 13.8. The summed E-state index contributed by atoms with van der Waals surface area (Å²) in [6.45, 7) is 0.0205. The van der Waals surface area contributed by atoms with Gasteiger partial charge in [-0.3, -0.25) is 9.59 Å². The SMILES string of the molecule is COc1ccc(C(=O)NCC2(C(=O)O)CCCC2)c(F)c1. The Morgan fingerprint density at radius 3 is 2.57 bits per heavy atom. The van der Waals surface area contributed by atoms with E-state index in [0.717, 1.165) is 18.9 Å². The maximum absolute atomic E-state index is 13.8. The minimum absolute atomic E-state index is 0.0205. The Morgan fingerprint density at radius 2 is 2.05 bits per heavy atom. The van der Waals surface area contributed by atoms with Crippen LogP contribution >= 0.6 is 0 Å². The van der Waals surface area contributed by atoms with Crippen molar-refractivity contribution in [1.29, 1.82) is 0 Å². The van der Waals surface area contributed by atoms with Gasteiger partial charge in [0.25, 0.3) is 5.91 Å². The summed E-state index contributed by atoms with van der Waals surface area (Å²) in [5.74, 6) is -1.89. The second-order valence-electron chi connectivity index (χ2n) is 5.32. The predicted octanol–water partition coefficient (Wildman–Crippen LogP) is 2.21. The molecular formula is C15H18FNO4. The van der Waals surface area contributed by atoms with Gasteiger partial charge in [-0.05, 0) is 25.0 Å². The van der Waals surface area contributed by atoms with Gasteiger partial charge in [0.2, 0.25) is 0 Å². The van der Waals surface area contributed by atoms with Gasteiger partial charge in [0, 0.05) is 12.6 Å². The third-order valence-corrected chi connectivity index (χ3v) is 4.02. The Kier molecular flexibility index (Phi) is 4.45. The first-order valence-corrected chi connectivity index (χ1v) is 6.84. The van der Waals surface area contributed by atoms with E-state index in [0.29, 0.717) is 18.6 Å². The summed E-state index contributed by atoms with van der Waals surface area (Å²) in [4.78, 5) is 23.4. The number of hydrogen-bond donors (Lipinski definition) is 2. The first kappa shape index (κ1) is 15.3. The summed E-state index contributed by atoms with van der Waals surface area (Å²) >= 11 is 0. The highest BCUT2D eigenvalue weighted by Crippen LogP contribution is 2.37. The number of nitrogens with one attached hydrogen (secondary N) is 1. The van der Waals surface area contributed by atoms with Crippen LogP contribution in [0.1, 0.15) is 36.0 Å². The highest BCUT2D eigenvalue weighted by Gasteiger charge is 2.41. The summed E-state index contributed by atoms with van der Waals surface area (Å²) in [5.41, 5.74) is -1.03. The summed E-state index contributed by atoms with van der Waals surface area (Å²) in [6, 6.07) is 3.93. The molecular weight excluding hydrogens is 277 g/mol. The van der Waals surface area contributed by atoms with Gasteiger partial charge >= 0.3 is 5.97 Å². The molecule has 0 spiro atoms. The molecule has 0 unspecified atom stereocenters. The van der Waals surface area contributed by atoms with Gasteiger partial charge in [-0.1, -0.05) is 12.8 Å². The molecule has 114 valence electrons. The Labute approximate surface area is 122 Å². The molecule has 0 aromatic heterocycles. The Bertz CT molecular complexity index is 553. The van der Waals surface area contributed by atoms with Crippen molar-refractivity contribution >= 4 is 11.9 Å². The topological polar surface area (TPSA) is 75.6 Å². The van der Waals surface area contributed by atoms with Gasteiger partial charge < -0.3 is 15.2 Å². The summed E-state index contributed by atoms with van der Waals surface area (Å²) in [5, 5.41) is 11.9. The third-order valence-electron chi connectivity index (χ3n) is 4.02. The van der Waals surface area contributed by atoms with Crippen LogP contribution in [0.2, 0.25) is 0 Å². The molecule has 5 nitrogen and oxygen atoms in total. The lowest BCUT2D eigenvalue weighted by Gasteiger charge is -2.24. The van der Waals surface area contributed by atoms with Crippen LogP contribution in [-0.4, -0.2) is 30.6 Å². The number of aliphatic carboxylic acids is 1. The van der Waals surface area contributed by atoms with Crippen molar-refractivity contribution < 1.29 is 23.8 Å². The number of benzene rings is 1. The molecule has 0 atom stereocenters. The number of methoxy groups -OCH3 is 1. The molecule has 0 heterocycles. The van der Waals surface area contributed by atoms with Gasteiger partial charge in [-0.15, -0.1) is 0 Å². The molecule has 0 aliphatic heterocycles. The van der Waals surface area contributed by atoms with E-state index in [9.17, 15) is 19.1 Å². The average Bonchev–Trinajstić information content (AvgIpc) is 2.94. The second kappa shape index (κ2) is 6.11. The van der Waals surface area contributed by atoms with E-state index >= 15 is 0 Å². The zero-order valence-electron chi connectivity index (χ0n) is 11.8. The van der Waals surface area contributed by atoms with Crippen molar-refractivity contribution in [3.8, 4) is 5.75 Å². The minimum Gasteiger partial charge on any atom is -0.497 e. The van der Waals surface area contributed by atoms with E-state index in [2.05, 4.69) is 5.32 Å². The second-order valence-corrected chi connectivity index (χ2v) is 5.32. The first-order valence-electron chi connectivity index (χ1n) is 6.84. The van der Waals surface area contributed by atoms with E-state index in [1.807, 2.05) is 0 Å². The molecule has 1 saturated carbocycles. The number of halogens is 1. The number of ether oxygens (including phenoxy) is 1. The van der Waals surface area contributed by atoms with Gasteiger partial charge in [0.15, 0.2) is 0 Å². The largest absolute Gasteiger partial charge is 0.497 e. The van der Waals surface area contributed by atoms with Crippen LogP contribution in [0.15, 0.2) is 18.2 Å². The predicted molar refractivity (Wildman–Crippen MR) is 73.8 cm³/mol. The number of carbonyl (C=O) groups excluding carboxylic acids is 1. The molecule has 1 aromatic carbocycles. The summed E-state index contributed by atoms with van der Waals surface area (Å²) in [6.07, 6.45) is 2.74. The van der Waals surface area contributed by atoms with Crippen molar-refractivity contribution in [3.63, 3.8) is 0 Å². The van der Waals surface area contributed by atoms with Crippen LogP contribution in [0, 0.1) is 11.2 Å². The molecule has 1 fully saturated rings. The molecule has 1 aliphatic carbocycles. The van der Waals surface area contributed by atoms with E-state index in [-0.39, 0.29) is 12.1 Å². The number of rotatable bonds is 5.